The molecule has 266 valence electrons. The van der Waals surface area contributed by atoms with Gasteiger partial charge in [-0.2, -0.15) is 4.57 Å². The third-order valence-electron chi connectivity index (χ3n) is 12.2. The number of aromatic nitrogens is 1. The van der Waals surface area contributed by atoms with Crippen LogP contribution < -0.4 is 4.57 Å². The quantitative estimate of drug-likeness (QED) is 0.145. The van der Waals surface area contributed by atoms with Crippen molar-refractivity contribution in [3.05, 3.63) is 187 Å². The van der Waals surface area contributed by atoms with Crippen LogP contribution >= 0.6 is 0 Å². The zero-order chi connectivity index (χ0) is 37.7. The summed E-state index contributed by atoms with van der Waals surface area (Å²) in [6, 6.07) is 56.4. The lowest BCUT2D eigenvalue weighted by atomic mass is 9.68. The third-order valence-corrected chi connectivity index (χ3v) is 12.2. The summed E-state index contributed by atoms with van der Waals surface area (Å²) >= 11 is 0. The van der Waals surface area contributed by atoms with Gasteiger partial charge in [0.05, 0.1) is 16.4 Å². The summed E-state index contributed by atoms with van der Waals surface area (Å²) in [4.78, 5) is 0. The Hall–Kier alpha value is -6.31. The molecule has 0 spiro atoms. The average molecular weight is 709 g/mol. The molecule has 0 saturated carbocycles. The maximum atomic E-state index is 4.74. The van der Waals surface area contributed by atoms with Gasteiger partial charge in [0.15, 0.2) is 11.9 Å². The van der Waals surface area contributed by atoms with Crippen LogP contribution in [-0.2, 0) is 5.41 Å². The number of rotatable bonds is 7. The zero-order valence-electron chi connectivity index (χ0n) is 32.2. The van der Waals surface area contributed by atoms with Crippen molar-refractivity contribution >= 4 is 33.3 Å². The van der Waals surface area contributed by atoms with Crippen LogP contribution in [0, 0.1) is 6.92 Å². The van der Waals surface area contributed by atoms with E-state index in [0.717, 1.165) is 18.5 Å². The van der Waals surface area contributed by atoms with E-state index in [1.54, 1.807) is 0 Å². The van der Waals surface area contributed by atoms with Gasteiger partial charge in [-0.05, 0) is 147 Å². The molecule has 0 bridgehead atoms. The summed E-state index contributed by atoms with van der Waals surface area (Å²) < 4.78 is 2.37. The van der Waals surface area contributed by atoms with Gasteiger partial charge in [0.1, 0.15) is 0 Å². The molecule has 0 radical (unpaired) electrons. The van der Waals surface area contributed by atoms with E-state index >= 15 is 0 Å². The molecule has 1 nitrogen and oxygen atoms in total. The summed E-state index contributed by atoms with van der Waals surface area (Å²) in [5, 5.41) is 5.01. The van der Waals surface area contributed by atoms with Crippen LogP contribution in [0.25, 0.3) is 89.1 Å². The van der Waals surface area contributed by atoms with E-state index < -0.39 is 0 Å². The Morgan fingerprint density at radius 2 is 1.13 bits per heavy atom. The largest absolute Gasteiger partial charge is 0.226 e. The Morgan fingerprint density at radius 1 is 0.545 bits per heavy atom. The van der Waals surface area contributed by atoms with Gasteiger partial charge in [-0.1, -0.05) is 135 Å². The summed E-state index contributed by atoms with van der Waals surface area (Å²) in [7, 11) is 0. The van der Waals surface area contributed by atoms with Crippen LogP contribution in [0.5, 0.6) is 0 Å². The average Bonchev–Trinajstić information content (AvgIpc) is 3.24. The number of aryl methyl sites for hydroxylation is 1. The van der Waals surface area contributed by atoms with Gasteiger partial charge < -0.3 is 0 Å². The Morgan fingerprint density at radius 3 is 1.89 bits per heavy atom. The molecule has 2 heterocycles. The van der Waals surface area contributed by atoms with Gasteiger partial charge in [0.25, 0.3) is 0 Å². The highest BCUT2D eigenvalue weighted by atomic mass is 15.0. The van der Waals surface area contributed by atoms with Gasteiger partial charge in [0.2, 0.25) is 5.69 Å². The lowest BCUT2D eigenvalue weighted by Gasteiger charge is -2.36. The first-order chi connectivity index (χ1) is 26.9. The standard InChI is InChI=1S/C54H46N/c1-6-16-46-36(4)17-13-25-48(46)44-32-43(33-45(34-44)49-26-15-20-38-18-9-11-23-47(38)49)41-22-14-21-40(31-41)42-27-28-52-51(35-42)53-50-24-12-10-19-39(50)29-30-55(53)37(5)54(52,7-2)8-3/h6,9-35H,5,7-8H2,1-4H3/q+1. The molecular formula is C54H46N+. The van der Waals surface area contributed by atoms with Gasteiger partial charge >= 0.3 is 0 Å². The predicted octanol–water partition coefficient (Wildman–Crippen LogP) is 14.5. The molecule has 0 amide bonds. The zero-order valence-corrected chi connectivity index (χ0v) is 32.2. The number of nitrogens with zero attached hydrogens (tertiary/aromatic N) is 1. The Balaban J connectivity index is 1.24. The molecule has 0 fully saturated rings. The van der Waals surface area contributed by atoms with E-state index in [9.17, 15) is 0 Å². The first-order valence-corrected chi connectivity index (χ1v) is 19.7. The van der Waals surface area contributed by atoms with Crippen molar-refractivity contribution in [2.45, 2.75) is 46.0 Å². The van der Waals surface area contributed by atoms with E-state index in [1.807, 2.05) is 0 Å². The fraction of sp³-hybridized carbons (Fsp3) is 0.130. The van der Waals surface area contributed by atoms with E-state index in [2.05, 4.69) is 202 Å². The minimum atomic E-state index is -0.129. The molecule has 9 rings (SSSR count). The highest BCUT2D eigenvalue weighted by Gasteiger charge is 2.46. The summed E-state index contributed by atoms with van der Waals surface area (Å²) in [6.07, 6.45) is 8.61. The van der Waals surface area contributed by atoms with Crippen LogP contribution in [0.15, 0.2) is 171 Å². The van der Waals surface area contributed by atoms with Crippen LogP contribution in [0.2, 0.25) is 0 Å². The van der Waals surface area contributed by atoms with Gasteiger partial charge in [-0.25, -0.2) is 0 Å². The lowest BCUT2D eigenvalue weighted by Crippen LogP contribution is -2.48. The second-order valence-corrected chi connectivity index (χ2v) is 15.1. The van der Waals surface area contributed by atoms with Gasteiger partial charge in [-0.3, -0.25) is 0 Å². The topological polar surface area (TPSA) is 3.88 Å². The van der Waals surface area contributed by atoms with Gasteiger partial charge in [0, 0.05) is 6.07 Å². The molecule has 1 aliphatic rings. The van der Waals surface area contributed by atoms with Crippen molar-refractivity contribution in [3.8, 4) is 55.8 Å². The summed E-state index contributed by atoms with van der Waals surface area (Å²) in [5.41, 5.74) is 17.2. The van der Waals surface area contributed by atoms with Crippen molar-refractivity contribution in [2.24, 2.45) is 0 Å². The van der Waals surface area contributed by atoms with E-state index in [-0.39, 0.29) is 5.41 Å². The molecule has 0 N–H and O–H groups in total. The number of allylic oxidation sites excluding steroid dienone is 2. The normalized spacial score (nSPS) is 13.3. The van der Waals surface area contributed by atoms with E-state index in [1.165, 1.54) is 94.0 Å². The van der Waals surface area contributed by atoms with E-state index in [0.29, 0.717) is 0 Å². The molecule has 7 aromatic carbocycles. The highest BCUT2D eigenvalue weighted by molar-refractivity contribution is 5.99. The second-order valence-electron chi connectivity index (χ2n) is 15.1. The fourth-order valence-corrected chi connectivity index (χ4v) is 9.26. The summed E-state index contributed by atoms with van der Waals surface area (Å²) in [6.45, 7) is 13.7. The van der Waals surface area contributed by atoms with Crippen molar-refractivity contribution < 1.29 is 4.57 Å². The number of benzene rings is 7. The van der Waals surface area contributed by atoms with Crippen molar-refractivity contribution in [1.29, 1.82) is 0 Å². The Kier molecular flexibility index (Phi) is 8.67. The molecular weight excluding hydrogens is 663 g/mol. The molecule has 0 saturated heterocycles. The molecule has 1 aromatic heterocycles. The monoisotopic (exact) mass is 708 g/mol. The van der Waals surface area contributed by atoms with Crippen LogP contribution in [0.1, 0.15) is 50.3 Å². The maximum Gasteiger partial charge on any atom is 0.226 e. The van der Waals surface area contributed by atoms with Crippen molar-refractivity contribution in [1.82, 2.24) is 0 Å². The van der Waals surface area contributed by atoms with E-state index in [4.69, 9.17) is 6.58 Å². The molecule has 1 heteroatoms. The molecule has 1 aliphatic heterocycles. The molecule has 0 unspecified atom stereocenters. The fourth-order valence-electron chi connectivity index (χ4n) is 9.26. The van der Waals surface area contributed by atoms with Crippen LogP contribution in [-0.4, -0.2) is 0 Å². The highest BCUT2D eigenvalue weighted by Crippen LogP contribution is 2.49. The Bertz CT molecular complexity index is 2820. The van der Waals surface area contributed by atoms with Crippen molar-refractivity contribution in [3.63, 3.8) is 0 Å². The summed E-state index contributed by atoms with van der Waals surface area (Å²) in [5.74, 6) is 0. The van der Waals surface area contributed by atoms with Crippen LogP contribution in [0.3, 0.4) is 0 Å². The Labute approximate surface area is 325 Å². The first kappa shape index (κ1) is 34.5. The maximum absolute atomic E-state index is 4.74. The van der Waals surface area contributed by atoms with Crippen LogP contribution in [0.4, 0.5) is 0 Å². The second kappa shape index (κ2) is 13.8. The number of pyridine rings is 1. The third kappa shape index (κ3) is 5.65. The predicted molar refractivity (Wildman–Crippen MR) is 236 cm³/mol. The minimum absolute atomic E-state index is 0.129. The molecule has 8 aromatic rings. The minimum Gasteiger partial charge on any atom is -0.163 e. The molecule has 0 atom stereocenters. The smallest absolute Gasteiger partial charge is 0.163 e. The number of fused-ring (bicyclic) bond motifs is 6. The SMILES string of the molecule is C=C1[n+]2ccc3ccccc3c2-c2cc(-c3cccc(-c4cc(-c5cccc(C)c5C=CC)cc(-c5cccc6ccccc56)c4)c3)ccc2C1(CC)CC. The first-order valence-electron chi connectivity index (χ1n) is 19.7. The van der Waals surface area contributed by atoms with Crippen molar-refractivity contribution in [2.75, 3.05) is 0 Å². The van der Waals surface area contributed by atoms with Gasteiger partial charge in [-0.15, -0.1) is 0 Å². The number of hydrogen-bond acceptors (Lipinski definition) is 0. The molecule has 0 aliphatic carbocycles. The molecule has 55 heavy (non-hydrogen) atoms. The lowest BCUT2D eigenvalue weighted by molar-refractivity contribution is -0.576. The number of hydrogen-bond donors (Lipinski definition) is 0.